The molecular formula is C15H16N. The first-order chi connectivity index (χ1) is 7.75. The molecule has 0 amide bonds. The Hall–Kier alpha value is -1.63. The third kappa shape index (κ3) is 2.69. The zero-order valence-electron chi connectivity index (χ0n) is 9.72. The van der Waals surface area contributed by atoms with Crippen LogP contribution in [0.2, 0.25) is 0 Å². The third-order valence-electron chi connectivity index (χ3n) is 2.62. The quantitative estimate of drug-likeness (QED) is 0.750. The molecule has 0 atom stereocenters. The van der Waals surface area contributed by atoms with Crippen LogP contribution >= 0.6 is 0 Å². The van der Waals surface area contributed by atoms with Crippen LogP contribution in [0, 0.1) is 6.42 Å². The maximum absolute atomic E-state index is 4.01. The van der Waals surface area contributed by atoms with Gasteiger partial charge in [0.2, 0.25) is 0 Å². The third-order valence-corrected chi connectivity index (χ3v) is 2.62. The Labute approximate surface area is 97.2 Å². The molecule has 0 aliphatic rings. The van der Waals surface area contributed by atoms with Gasteiger partial charge in [-0.1, -0.05) is 38.1 Å². The van der Waals surface area contributed by atoms with E-state index in [2.05, 4.69) is 49.5 Å². The van der Waals surface area contributed by atoms with Crippen molar-refractivity contribution in [3.05, 3.63) is 71.9 Å². The summed E-state index contributed by atoms with van der Waals surface area (Å²) in [4.78, 5) is 4.01. The van der Waals surface area contributed by atoms with Crippen LogP contribution in [0.15, 0.2) is 48.8 Å². The second-order valence-corrected chi connectivity index (χ2v) is 4.25. The van der Waals surface area contributed by atoms with E-state index in [1.807, 2.05) is 24.5 Å². The lowest BCUT2D eigenvalue weighted by molar-refractivity contribution is 0.865. The minimum Gasteiger partial charge on any atom is -0.265 e. The molecule has 16 heavy (non-hydrogen) atoms. The summed E-state index contributed by atoms with van der Waals surface area (Å²) in [6, 6.07) is 12.7. The molecule has 1 aromatic heterocycles. The highest BCUT2D eigenvalue weighted by Gasteiger charge is 2.01. The Morgan fingerprint density at radius 1 is 1.00 bits per heavy atom. The van der Waals surface area contributed by atoms with Gasteiger partial charge in [0.15, 0.2) is 0 Å². The van der Waals surface area contributed by atoms with Crippen LogP contribution in [0.25, 0.3) is 0 Å². The molecule has 0 saturated heterocycles. The predicted octanol–water partition coefficient (Wildman–Crippen LogP) is 3.81. The van der Waals surface area contributed by atoms with Crippen LogP contribution in [0.5, 0.6) is 0 Å². The fourth-order valence-electron chi connectivity index (χ4n) is 1.66. The van der Waals surface area contributed by atoms with Crippen LogP contribution in [0.3, 0.4) is 0 Å². The van der Waals surface area contributed by atoms with Crippen LogP contribution in [0.4, 0.5) is 0 Å². The lowest BCUT2D eigenvalue weighted by Gasteiger charge is -2.07. The van der Waals surface area contributed by atoms with Crippen LogP contribution < -0.4 is 0 Å². The molecule has 0 bridgehead atoms. The van der Waals surface area contributed by atoms with Crippen molar-refractivity contribution in [2.24, 2.45) is 0 Å². The number of nitrogens with zero attached hydrogens (tertiary/aromatic N) is 1. The average molecular weight is 210 g/mol. The van der Waals surface area contributed by atoms with Crippen molar-refractivity contribution in [3.63, 3.8) is 0 Å². The zero-order chi connectivity index (χ0) is 11.4. The van der Waals surface area contributed by atoms with E-state index in [1.165, 1.54) is 16.7 Å². The van der Waals surface area contributed by atoms with Crippen LogP contribution in [-0.2, 0) is 0 Å². The summed E-state index contributed by atoms with van der Waals surface area (Å²) in [6.07, 6.45) is 5.81. The Morgan fingerprint density at radius 2 is 1.75 bits per heavy atom. The van der Waals surface area contributed by atoms with E-state index in [-0.39, 0.29) is 0 Å². The van der Waals surface area contributed by atoms with Gasteiger partial charge in [0.05, 0.1) is 0 Å². The summed E-state index contributed by atoms with van der Waals surface area (Å²) < 4.78 is 0. The minimum atomic E-state index is 0.575. The second kappa shape index (κ2) is 4.93. The van der Waals surface area contributed by atoms with Gasteiger partial charge in [-0.05, 0) is 34.7 Å². The highest BCUT2D eigenvalue weighted by molar-refractivity contribution is 5.38. The first kappa shape index (κ1) is 10.9. The van der Waals surface area contributed by atoms with E-state index >= 15 is 0 Å². The first-order valence-electron chi connectivity index (χ1n) is 5.60. The standard InChI is InChI=1S/C15H16N/c1-12(2)15-5-3-4-14(11-15)10-13-6-8-16-9-7-13/h3-12H,1-2H3. The fraction of sp³-hybridized carbons (Fsp3) is 0.200. The number of pyridine rings is 1. The van der Waals surface area contributed by atoms with E-state index in [4.69, 9.17) is 0 Å². The predicted molar refractivity (Wildman–Crippen MR) is 67.3 cm³/mol. The monoisotopic (exact) mass is 210 g/mol. The van der Waals surface area contributed by atoms with Crippen molar-refractivity contribution in [2.75, 3.05) is 0 Å². The van der Waals surface area contributed by atoms with Gasteiger partial charge in [-0.3, -0.25) is 4.98 Å². The van der Waals surface area contributed by atoms with E-state index in [9.17, 15) is 0 Å². The minimum absolute atomic E-state index is 0.575. The first-order valence-corrected chi connectivity index (χ1v) is 5.60. The van der Waals surface area contributed by atoms with Crippen molar-refractivity contribution in [3.8, 4) is 0 Å². The van der Waals surface area contributed by atoms with Gasteiger partial charge in [0, 0.05) is 18.8 Å². The molecule has 0 unspecified atom stereocenters. The van der Waals surface area contributed by atoms with Gasteiger partial charge in [-0.25, -0.2) is 0 Å². The fourth-order valence-corrected chi connectivity index (χ4v) is 1.66. The molecule has 0 aliphatic heterocycles. The summed E-state index contributed by atoms with van der Waals surface area (Å²) in [5, 5.41) is 0. The van der Waals surface area contributed by atoms with Gasteiger partial charge in [-0.15, -0.1) is 0 Å². The number of benzene rings is 1. The normalized spacial score (nSPS) is 10.7. The molecule has 0 spiro atoms. The smallest absolute Gasteiger partial charge is 0.0270 e. The van der Waals surface area contributed by atoms with Crippen molar-refractivity contribution >= 4 is 0 Å². The van der Waals surface area contributed by atoms with Crippen LogP contribution in [-0.4, -0.2) is 4.98 Å². The molecule has 2 aromatic rings. The summed E-state index contributed by atoms with van der Waals surface area (Å²) in [6.45, 7) is 4.43. The van der Waals surface area contributed by atoms with E-state index in [0.717, 1.165) is 0 Å². The molecule has 1 aromatic carbocycles. The van der Waals surface area contributed by atoms with Crippen molar-refractivity contribution in [1.29, 1.82) is 0 Å². The van der Waals surface area contributed by atoms with Gasteiger partial charge >= 0.3 is 0 Å². The lowest BCUT2D eigenvalue weighted by atomic mass is 9.98. The number of hydrogen-bond donors (Lipinski definition) is 0. The van der Waals surface area contributed by atoms with E-state index in [0.29, 0.717) is 5.92 Å². The number of hydrogen-bond acceptors (Lipinski definition) is 1. The Balaban J connectivity index is 2.19. The Bertz CT molecular complexity index is 446. The Kier molecular flexibility index (Phi) is 3.35. The van der Waals surface area contributed by atoms with E-state index < -0.39 is 0 Å². The molecule has 0 N–H and O–H groups in total. The molecule has 1 heterocycles. The molecule has 81 valence electrons. The zero-order valence-corrected chi connectivity index (χ0v) is 9.72. The summed E-state index contributed by atoms with van der Waals surface area (Å²) in [7, 11) is 0. The Morgan fingerprint density at radius 3 is 2.44 bits per heavy atom. The van der Waals surface area contributed by atoms with Gasteiger partial charge in [0.25, 0.3) is 0 Å². The topological polar surface area (TPSA) is 12.9 Å². The van der Waals surface area contributed by atoms with Crippen molar-refractivity contribution in [2.45, 2.75) is 19.8 Å². The SMILES string of the molecule is CC(C)c1cccc([CH]c2ccncc2)c1. The van der Waals surface area contributed by atoms with Gasteiger partial charge in [-0.2, -0.15) is 0 Å². The average Bonchev–Trinajstić information content (AvgIpc) is 2.30. The van der Waals surface area contributed by atoms with Crippen LogP contribution in [0.1, 0.15) is 36.5 Å². The summed E-state index contributed by atoms with van der Waals surface area (Å²) in [5.74, 6) is 0.575. The number of aromatic nitrogens is 1. The number of rotatable bonds is 3. The maximum atomic E-state index is 4.01. The highest BCUT2D eigenvalue weighted by Crippen LogP contribution is 2.18. The summed E-state index contributed by atoms with van der Waals surface area (Å²) >= 11 is 0. The van der Waals surface area contributed by atoms with Crippen molar-refractivity contribution in [1.82, 2.24) is 4.98 Å². The molecule has 1 radical (unpaired) electrons. The largest absolute Gasteiger partial charge is 0.265 e. The molecule has 1 nitrogen and oxygen atoms in total. The summed E-state index contributed by atoms with van der Waals surface area (Å²) in [5.41, 5.74) is 3.82. The molecule has 2 rings (SSSR count). The molecule has 1 heteroatoms. The van der Waals surface area contributed by atoms with Gasteiger partial charge in [0.1, 0.15) is 0 Å². The van der Waals surface area contributed by atoms with Gasteiger partial charge < -0.3 is 0 Å². The molecular weight excluding hydrogens is 194 g/mol. The van der Waals surface area contributed by atoms with E-state index in [1.54, 1.807) is 0 Å². The molecule has 0 aliphatic carbocycles. The van der Waals surface area contributed by atoms with Crippen molar-refractivity contribution < 1.29 is 0 Å². The molecule has 0 saturated carbocycles. The molecule has 0 fully saturated rings. The second-order valence-electron chi connectivity index (χ2n) is 4.25. The highest BCUT2D eigenvalue weighted by atomic mass is 14.6. The maximum Gasteiger partial charge on any atom is 0.0270 e. The lowest BCUT2D eigenvalue weighted by Crippen LogP contribution is -1.90.